The Labute approximate surface area is 59.2 Å². The normalized spacial score (nSPS) is 19.2. The summed E-state index contributed by atoms with van der Waals surface area (Å²) in [5.74, 6) is 0. The lowest BCUT2D eigenvalue weighted by Gasteiger charge is -2.20. The summed E-state index contributed by atoms with van der Waals surface area (Å²) in [6.45, 7) is 2.96. The van der Waals surface area contributed by atoms with Gasteiger partial charge in [-0.1, -0.05) is 6.92 Å². The Balaban J connectivity index is 4.34. The van der Waals surface area contributed by atoms with Gasteiger partial charge in [-0.05, 0) is 13.3 Å². The summed E-state index contributed by atoms with van der Waals surface area (Å²) >= 11 is 5.43. The molecule has 0 amide bonds. The van der Waals surface area contributed by atoms with Crippen molar-refractivity contribution in [3.05, 3.63) is 0 Å². The van der Waals surface area contributed by atoms with Crippen molar-refractivity contribution in [3.63, 3.8) is 0 Å². The third-order valence-electron chi connectivity index (χ3n) is 1.25. The van der Waals surface area contributed by atoms with Gasteiger partial charge in [0.1, 0.15) is 4.62 Å². The maximum Gasteiger partial charge on any atom is 0.345 e. The highest BCUT2D eigenvalue weighted by Crippen LogP contribution is 2.54. The lowest BCUT2D eigenvalue weighted by molar-refractivity contribution is 0.351. The van der Waals surface area contributed by atoms with E-state index in [1.807, 2.05) is 0 Å². The van der Waals surface area contributed by atoms with E-state index in [1.165, 1.54) is 6.92 Å². The Morgan fingerprint density at radius 3 is 2.00 bits per heavy atom. The first-order chi connectivity index (χ1) is 3.81. The first-order valence-corrected chi connectivity index (χ1v) is 4.55. The molecule has 0 aliphatic carbocycles. The van der Waals surface area contributed by atoms with Crippen molar-refractivity contribution in [1.29, 1.82) is 0 Å². The van der Waals surface area contributed by atoms with Crippen molar-refractivity contribution in [3.8, 4) is 0 Å². The average molecular weight is 173 g/mol. The molecule has 3 nitrogen and oxygen atoms in total. The third kappa shape index (κ3) is 2.26. The van der Waals surface area contributed by atoms with E-state index in [0.717, 1.165) is 0 Å². The molecule has 0 aliphatic heterocycles. The molecule has 0 aromatic rings. The van der Waals surface area contributed by atoms with Gasteiger partial charge in [-0.25, -0.2) is 0 Å². The minimum absolute atomic E-state index is 0.263. The smallest absolute Gasteiger partial charge is 0.323 e. The largest absolute Gasteiger partial charge is 0.345 e. The molecule has 9 heavy (non-hydrogen) atoms. The summed E-state index contributed by atoms with van der Waals surface area (Å²) in [7, 11) is -4.10. The molecule has 0 rings (SSSR count). The maximum absolute atomic E-state index is 10.4. The highest BCUT2D eigenvalue weighted by molar-refractivity contribution is 7.55. The van der Waals surface area contributed by atoms with E-state index in [4.69, 9.17) is 21.4 Å². The molecule has 0 spiro atoms. The molecule has 1 unspecified atom stereocenters. The van der Waals surface area contributed by atoms with E-state index in [2.05, 4.69) is 0 Å². The van der Waals surface area contributed by atoms with Gasteiger partial charge in [0.25, 0.3) is 0 Å². The zero-order valence-electron chi connectivity index (χ0n) is 5.33. The monoisotopic (exact) mass is 172 g/mol. The summed E-state index contributed by atoms with van der Waals surface area (Å²) in [4.78, 5) is 17.0. The number of alkyl halides is 1. The SMILES string of the molecule is CCC(C)(Cl)P(=O)(O)O. The average Bonchev–Trinajstić information content (AvgIpc) is 1.64. The predicted octanol–water partition coefficient (Wildman–Crippen LogP) is 1.53. The van der Waals surface area contributed by atoms with E-state index >= 15 is 0 Å². The second-order valence-electron chi connectivity index (χ2n) is 2.04. The van der Waals surface area contributed by atoms with Gasteiger partial charge in [-0.3, -0.25) is 4.57 Å². The van der Waals surface area contributed by atoms with Gasteiger partial charge >= 0.3 is 7.60 Å². The first kappa shape index (κ1) is 9.44. The molecule has 0 radical (unpaired) electrons. The molecule has 0 aliphatic rings. The van der Waals surface area contributed by atoms with Crippen molar-refractivity contribution in [2.75, 3.05) is 0 Å². The lowest BCUT2D eigenvalue weighted by atomic mass is 10.4. The van der Waals surface area contributed by atoms with E-state index in [0.29, 0.717) is 0 Å². The number of rotatable bonds is 2. The second kappa shape index (κ2) is 2.59. The number of hydrogen-bond donors (Lipinski definition) is 2. The summed E-state index contributed by atoms with van der Waals surface area (Å²) < 4.78 is 9.06. The van der Waals surface area contributed by atoms with Gasteiger partial charge in [0.15, 0.2) is 0 Å². The Morgan fingerprint density at radius 1 is 1.67 bits per heavy atom. The standard InChI is InChI=1S/C4H10ClO3P/c1-3-4(2,5)9(6,7)8/h3H2,1-2H3,(H2,6,7,8). The molecule has 5 heteroatoms. The van der Waals surface area contributed by atoms with Crippen LogP contribution in [0.5, 0.6) is 0 Å². The van der Waals surface area contributed by atoms with Crippen LogP contribution in [0.1, 0.15) is 20.3 Å². The molecule has 0 saturated heterocycles. The molecular weight excluding hydrogens is 162 g/mol. The molecule has 0 heterocycles. The Hall–Kier alpha value is 0.440. The van der Waals surface area contributed by atoms with Crippen LogP contribution in [0, 0.1) is 0 Å². The molecule has 56 valence electrons. The number of halogens is 1. The van der Waals surface area contributed by atoms with Crippen molar-refractivity contribution >= 4 is 19.2 Å². The Kier molecular flexibility index (Phi) is 2.71. The highest BCUT2D eigenvalue weighted by atomic mass is 35.5. The minimum Gasteiger partial charge on any atom is -0.323 e. The van der Waals surface area contributed by atoms with Gasteiger partial charge in [0.05, 0.1) is 0 Å². The van der Waals surface area contributed by atoms with Gasteiger partial charge in [-0.2, -0.15) is 0 Å². The van der Waals surface area contributed by atoms with Gasteiger partial charge in [0, 0.05) is 0 Å². The summed E-state index contributed by atoms with van der Waals surface area (Å²) in [6.07, 6.45) is 0.263. The van der Waals surface area contributed by atoms with Crippen LogP contribution < -0.4 is 0 Å². The highest BCUT2D eigenvalue weighted by Gasteiger charge is 2.38. The fourth-order valence-electron chi connectivity index (χ4n) is 0.206. The van der Waals surface area contributed by atoms with E-state index in [9.17, 15) is 4.57 Å². The van der Waals surface area contributed by atoms with Crippen LogP contribution in [-0.2, 0) is 4.57 Å². The molecule has 1 atom stereocenters. The molecule has 0 bridgehead atoms. The van der Waals surface area contributed by atoms with Gasteiger partial charge in [-0.15, -0.1) is 11.6 Å². The molecule has 2 N–H and O–H groups in total. The first-order valence-electron chi connectivity index (χ1n) is 2.56. The maximum atomic E-state index is 10.4. The van der Waals surface area contributed by atoms with E-state index < -0.39 is 12.2 Å². The Morgan fingerprint density at radius 2 is 2.00 bits per heavy atom. The summed E-state index contributed by atoms with van der Waals surface area (Å²) in [5, 5.41) is 0. The third-order valence-corrected chi connectivity index (χ3v) is 3.71. The second-order valence-corrected chi connectivity index (χ2v) is 5.21. The fraction of sp³-hybridized carbons (Fsp3) is 1.00. The van der Waals surface area contributed by atoms with Crippen LogP contribution in [0.15, 0.2) is 0 Å². The van der Waals surface area contributed by atoms with E-state index in [1.54, 1.807) is 6.92 Å². The summed E-state index contributed by atoms with van der Waals surface area (Å²) in [5.41, 5.74) is 0. The minimum atomic E-state index is -4.10. The fourth-order valence-corrected chi connectivity index (χ4v) is 0.618. The van der Waals surface area contributed by atoms with Crippen molar-refractivity contribution in [1.82, 2.24) is 0 Å². The van der Waals surface area contributed by atoms with Crippen molar-refractivity contribution in [2.24, 2.45) is 0 Å². The molecule has 0 aromatic carbocycles. The van der Waals surface area contributed by atoms with Crippen LogP contribution >= 0.6 is 19.2 Å². The zero-order valence-corrected chi connectivity index (χ0v) is 6.99. The molecule has 0 aromatic heterocycles. The predicted molar refractivity (Wildman–Crippen MR) is 36.6 cm³/mol. The molecule has 0 fully saturated rings. The van der Waals surface area contributed by atoms with Crippen LogP contribution in [-0.4, -0.2) is 14.4 Å². The number of hydrogen-bond acceptors (Lipinski definition) is 1. The van der Waals surface area contributed by atoms with Gasteiger partial charge < -0.3 is 9.79 Å². The van der Waals surface area contributed by atoms with Crippen molar-refractivity contribution in [2.45, 2.75) is 24.9 Å². The van der Waals surface area contributed by atoms with Crippen LogP contribution in [0.25, 0.3) is 0 Å². The van der Waals surface area contributed by atoms with Gasteiger partial charge in [0.2, 0.25) is 0 Å². The van der Waals surface area contributed by atoms with E-state index in [-0.39, 0.29) is 6.42 Å². The molecular formula is C4H10ClO3P. The summed E-state index contributed by atoms with van der Waals surface area (Å²) in [6, 6.07) is 0. The van der Waals surface area contributed by atoms with Crippen LogP contribution in [0.3, 0.4) is 0 Å². The molecule has 0 saturated carbocycles. The Bertz CT molecular complexity index is 139. The zero-order chi connectivity index (χ0) is 7.71. The van der Waals surface area contributed by atoms with Crippen LogP contribution in [0.4, 0.5) is 0 Å². The lowest BCUT2D eigenvalue weighted by Crippen LogP contribution is -2.14. The quantitative estimate of drug-likeness (QED) is 0.491. The van der Waals surface area contributed by atoms with Crippen molar-refractivity contribution < 1.29 is 14.4 Å². The topological polar surface area (TPSA) is 57.5 Å². The van der Waals surface area contributed by atoms with Crippen LogP contribution in [0.2, 0.25) is 0 Å².